The van der Waals surface area contributed by atoms with E-state index in [0.717, 1.165) is 21.3 Å². The Balaban J connectivity index is 1.41. The Morgan fingerprint density at radius 1 is 1.17 bits per heavy atom. The molecule has 1 atom stereocenters. The maximum Gasteiger partial charge on any atom is 0.318 e. The van der Waals surface area contributed by atoms with E-state index in [2.05, 4.69) is 20.5 Å². The lowest BCUT2D eigenvalue weighted by molar-refractivity contribution is -0.120. The first-order valence-electron chi connectivity index (χ1n) is 9.45. The van der Waals surface area contributed by atoms with Gasteiger partial charge in [0, 0.05) is 13.6 Å². The van der Waals surface area contributed by atoms with Crippen LogP contribution in [0.2, 0.25) is 0 Å². The van der Waals surface area contributed by atoms with E-state index < -0.39 is 5.78 Å². The molecule has 0 saturated carbocycles. The van der Waals surface area contributed by atoms with Crippen molar-refractivity contribution in [1.82, 2.24) is 20.5 Å². The molecule has 2 aromatic heterocycles. The molecule has 1 amide bonds. The predicted molar refractivity (Wildman–Crippen MR) is 113 cm³/mol. The van der Waals surface area contributed by atoms with Gasteiger partial charge in [-0.25, -0.2) is 4.98 Å². The van der Waals surface area contributed by atoms with Crippen molar-refractivity contribution in [3.05, 3.63) is 59.4 Å². The molecule has 150 valence electrons. The fraction of sp³-hybridized carbons (Fsp3) is 0.190. The number of carbonyl (C=O) groups excluding carboxylic acids is 2. The Morgan fingerprint density at radius 2 is 2.00 bits per heavy atom. The van der Waals surface area contributed by atoms with Crippen LogP contribution in [0.3, 0.4) is 0 Å². The number of hydrogen-bond acceptors (Lipinski definition) is 8. The Labute approximate surface area is 175 Å². The molecule has 8 nitrogen and oxygen atoms in total. The maximum atomic E-state index is 12.8. The minimum absolute atomic E-state index is 0.0935. The smallest absolute Gasteiger partial charge is 0.318 e. The average Bonchev–Trinajstić information content (AvgIpc) is 3.52. The first-order chi connectivity index (χ1) is 14.6. The van der Waals surface area contributed by atoms with Crippen molar-refractivity contribution in [2.75, 3.05) is 18.5 Å². The van der Waals surface area contributed by atoms with Gasteiger partial charge in [0.25, 0.3) is 11.7 Å². The van der Waals surface area contributed by atoms with Crippen LogP contribution in [-0.4, -0.2) is 46.5 Å². The number of thiazole rings is 1. The number of anilines is 1. The number of nitrogens with one attached hydrogen (secondary N) is 1. The Morgan fingerprint density at radius 3 is 2.77 bits per heavy atom. The molecule has 0 unspecified atom stereocenters. The second-order valence-corrected chi connectivity index (χ2v) is 8.02. The standard InChI is InChI=1S/C21H17N5O3S/c1-26(15-9-10-22-18(15)28)21-25-24-19(29-21)17(27)20-23-14-8-7-13(11-16(14)30-20)12-5-3-2-4-6-12/h2-8,11,15H,9-10H2,1H3,(H,22,28)/t15-/m0/s1. The molecule has 1 fully saturated rings. The Bertz CT molecular complexity index is 1250. The molecule has 4 aromatic rings. The van der Waals surface area contributed by atoms with Gasteiger partial charge >= 0.3 is 6.01 Å². The van der Waals surface area contributed by atoms with Crippen LogP contribution in [0.15, 0.2) is 52.9 Å². The van der Waals surface area contributed by atoms with Gasteiger partial charge in [0.15, 0.2) is 5.01 Å². The van der Waals surface area contributed by atoms with Gasteiger partial charge in [0.05, 0.1) is 10.2 Å². The summed E-state index contributed by atoms with van der Waals surface area (Å²) in [7, 11) is 1.69. The molecule has 5 rings (SSSR count). The van der Waals surface area contributed by atoms with Crippen molar-refractivity contribution >= 4 is 39.3 Å². The topological polar surface area (TPSA) is 101 Å². The number of benzene rings is 2. The fourth-order valence-electron chi connectivity index (χ4n) is 3.46. The van der Waals surface area contributed by atoms with Crippen molar-refractivity contribution < 1.29 is 14.0 Å². The quantitative estimate of drug-likeness (QED) is 0.496. The lowest BCUT2D eigenvalue weighted by atomic mass is 10.1. The van der Waals surface area contributed by atoms with E-state index in [1.165, 1.54) is 11.3 Å². The highest BCUT2D eigenvalue weighted by atomic mass is 32.1. The number of fused-ring (bicyclic) bond motifs is 1. The van der Waals surface area contributed by atoms with E-state index in [1.807, 2.05) is 48.5 Å². The van der Waals surface area contributed by atoms with Gasteiger partial charge in [-0.2, -0.15) is 0 Å². The van der Waals surface area contributed by atoms with Crippen LogP contribution < -0.4 is 10.2 Å². The van der Waals surface area contributed by atoms with E-state index in [0.29, 0.717) is 13.0 Å². The van der Waals surface area contributed by atoms with Crippen molar-refractivity contribution in [3.63, 3.8) is 0 Å². The highest BCUT2D eigenvalue weighted by Gasteiger charge is 2.31. The number of aromatic nitrogens is 3. The van der Waals surface area contributed by atoms with Gasteiger partial charge in [-0.15, -0.1) is 16.4 Å². The molecule has 1 N–H and O–H groups in total. The van der Waals surface area contributed by atoms with Crippen LogP contribution in [0, 0.1) is 0 Å². The first-order valence-corrected chi connectivity index (χ1v) is 10.3. The first kappa shape index (κ1) is 18.4. The highest BCUT2D eigenvalue weighted by Crippen LogP contribution is 2.29. The van der Waals surface area contributed by atoms with Crippen LogP contribution in [0.4, 0.5) is 6.01 Å². The normalized spacial score (nSPS) is 16.0. The molecule has 1 aliphatic rings. The van der Waals surface area contributed by atoms with Gasteiger partial charge in [0.2, 0.25) is 5.91 Å². The third-order valence-corrected chi connectivity index (χ3v) is 6.10. The number of amides is 1. The van der Waals surface area contributed by atoms with Crippen LogP contribution in [0.25, 0.3) is 21.3 Å². The molecule has 1 saturated heterocycles. The molecule has 9 heteroatoms. The van der Waals surface area contributed by atoms with Gasteiger partial charge in [-0.05, 0) is 29.7 Å². The summed E-state index contributed by atoms with van der Waals surface area (Å²) in [6.45, 7) is 0.602. The largest absolute Gasteiger partial charge is 0.400 e. The van der Waals surface area contributed by atoms with E-state index in [-0.39, 0.29) is 28.9 Å². The number of hydrogen-bond donors (Lipinski definition) is 1. The summed E-state index contributed by atoms with van der Waals surface area (Å²) in [5.41, 5.74) is 2.89. The van der Waals surface area contributed by atoms with Crippen molar-refractivity contribution in [2.24, 2.45) is 0 Å². The monoisotopic (exact) mass is 419 g/mol. The van der Waals surface area contributed by atoms with Gasteiger partial charge in [-0.1, -0.05) is 41.5 Å². The number of nitrogens with zero attached hydrogens (tertiary/aromatic N) is 4. The Kier molecular flexibility index (Phi) is 4.51. The van der Waals surface area contributed by atoms with E-state index in [9.17, 15) is 9.59 Å². The maximum absolute atomic E-state index is 12.8. The number of likely N-dealkylation sites (N-methyl/N-ethyl adjacent to an activating group) is 1. The summed E-state index contributed by atoms with van der Waals surface area (Å²) in [5.74, 6) is -0.665. The SMILES string of the molecule is CN(c1nnc(C(=O)c2nc3ccc(-c4ccccc4)cc3s2)o1)[C@H]1CCNC1=O. The van der Waals surface area contributed by atoms with Crippen molar-refractivity contribution in [1.29, 1.82) is 0 Å². The third kappa shape index (κ3) is 3.22. The zero-order valence-electron chi connectivity index (χ0n) is 16.0. The molecule has 0 aliphatic carbocycles. The summed E-state index contributed by atoms with van der Waals surface area (Å²) >= 11 is 1.29. The predicted octanol–water partition coefficient (Wildman–Crippen LogP) is 2.90. The van der Waals surface area contributed by atoms with Crippen LogP contribution >= 0.6 is 11.3 Å². The van der Waals surface area contributed by atoms with Gasteiger partial charge in [0.1, 0.15) is 6.04 Å². The summed E-state index contributed by atoms with van der Waals surface area (Å²) in [6, 6.07) is 15.7. The molecule has 0 bridgehead atoms. The molecule has 0 spiro atoms. The van der Waals surface area contributed by atoms with Gasteiger partial charge in [-0.3, -0.25) is 9.59 Å². The minimum Gasteiger partial charge on any atom is -0.400 e. The summed E-state index contributed by atoms with van der Waals surface area (Å²) in [4.78, 5) is 30.7. The fourth-order valence-corrected chi connectivity index (χ4v) is 4.39. The molecule has 1 aliphatic heterocycles. The van der Waals surface area contributed by atoms with E-state index in [1.54, 1.807) is 11.9 Å². The van der Waals surface area contributed by atoms with E-state index >= 15 is 0 Å². The highest BCUT2D eigenvalue weighted by molar-refractivity contribution is 7.20. The molecule has 2 aromatic carbocycles. The second-order valence-electron chi connectivity index (χ2n) is 6.99. The van der Waals surface area contributed by atoms with Gasteiger partial charge < -0.3 is 14.6 Å². The second kappa shape index (κ2) is 7.34. The molecular formula is C21H17N5O3S. The molecule has 30 heavy (non-hydrogen) atoms. The van der Waals surface area contributed by atoms with Crippen molar-refractivity contribution in [2.45, 2.75) is 12.5 Å². The zero-order valence-corrected chi connectivity index (χ0v) is 16.8. The molecule has 0 radical (unpaired) electrons. The van der Waals surface area contributed by atoms with Crippen LogP contribution in [0.1, 0.15) is 22.1 Å². The lowest BCUT2D eigenvalue weighted by Crippen LogP contribution is -2.38. The molecule has 3 heterocycles. The summed E-state index contributed by atoms with van der Waals surface area (Å²) < 4.78 is 6.45. The minimum atomic E-state index is -0.430. The number of ketones is 1. The number of carbonyl (C=O) groups is 2. The average molecular weight is 419 g/mol. The van der Waals surface area contributed by atoms with E-state index in [4.69, 9.17) is 4.42 Å². The third-order valence-electron chi connectivity index (χ3n) is 5.09. The lowest BCUT2D eigenvalue weighted by Gasteiger charge is -2.18. The zero-order chi connectivity index (χ0) is 20.7. The number of rotatable bonds is 5. The van der Waals surface area contributed by atoms with Crippen LogP contribution in [-0.2, 0) is 4.79 Å². The summed E-state index contributed by atoms with van der Waals surface area (Å²) in [5, 5.41) is 10.9. The Hall–Kier alpha value is -3.59. The molecular weight excluding hydrogens is 402 g/mol. The summed E-state index contributed by atoms with van der Waals surface area (Å²) in [6.07, 6.45) is 0.641. The van der Waals surface area contributed by atoms with Crippen LogP contribution in [0.5, 0.6) is 0 Å². The van der Waals surface area contributed by atoms with Crippen molar-refractivity contribution in [3.8, 4) is 11.1 Å².